The van der Waals surface area contributed by atoms with Gasteiger partial charge in [-0.2, -0.15) is 5.26 Å². The second-order valence-electron chi connectivity index (χ2n) is 11.7. The molecule has 0 aromatic rings. The molecule has 7 heteroatoms. The van der Waals surface area contributed by atoms with Crippen LogP contribution < -0.4 is 10.6 Å². The van der Waals surface area contributed by atoms with Crippen molar-refractivity contribution in [3.05, 3.63) is 0 Å². The first kappa shape index (κ1) is 24.1. The number of carbonyl (C=O) groups excluding carboxylic acids is 2. The Morgan fingerprint density at radius 3 is 1.45 bits per heavy atom. The maximum Gasteiger partial charge on any atom is 0.342 e. The molecule has 0 saturated carbocycles. The second-order valence-corrected chi connectivity index (χ2v) is 11.7. The Morgan fingerprint density at radius 1 is 0.793 bits per heavy atom. The van der Waals surface area contributed by atoms with E-state index in [9.17, 15) is 9.59 Å². The van der Waals surface area contributed by atoms with Crippen LogP contribution in [0.3, 0.4) is 0 Å². The van der Waals surface area contributed by atoms with E-state index in [1.54, 1.807) is 0 Å². The Bertz CT molecular complexity index is 558. The molecular formula is C22H41N3O4. The fraction of sp³-hybridized carbons (Fsp3) is 0.909. The number of carbonyl (C=O) groups is 2. The third-order valence-electron chi connectivity index (χ3n) is 6.06. The van der Waals surface area contributed by atoms with Crippen molar-refractivity contribution in [2.45, 2.75) is 128 Å². The molecule has 0 aromatic carbocycles. The number of piperidine rings is 2. The maximum absolute atomic E-state index is 13.4. The first-order chi connectivity index (χ1) is 13.0. The second kappa shape index (κ2) is 8.16. The Balaban J connectivity index is 2.35. The lowest BCUT2D eigenvalue weighted by molar-refractivity contribution is -0.234. The minimum absolute atomic E-state index is 0.0348. The minimum atomic E-state index is -0.768. The molecule has 168 valence electrons. The molecule has 0 bridgehead atoms. The summed E-state index contributed by atoms with van der Waals surface area (Å²) in [5, 5.41) is 16.0. The molecule has 0 atom stereocenters. The van der Waals surface area contributed by atoms with Gasteiger partial charge in [-0.25, -0.2) is 4.79 Å². The summed E-state index contributed by atoms with van der Waals surface area (Å²) in [6, 6.07) is 0.183. The van der Waals surface area contributed by atoms with Crippen LogP contribution >= 0.6 is 0 Å². The van der Waals surface area contributed by atoms with E-state index in [1.807, 2.05) is 0 Å². The van der Waals surface area contributed by atoms with Gasteiger partial charge < -0.3 is 20.4 Å². The van der Waals surface area contributed by atoms with Crippen LogP contribution in [0.1, 0.15) is 93.9 Å². The van der Waals surface area contributed by atoms with Gasteiger partial charge in [-0.3, -0.25) is 4.79 Å². The monoisotopic (exact) mass is 411 g/mol. The average Bonchev–Trinajstić information content (AvgIpc) is 2.46. The molecule has 29 heavy (non-hydrogen) atoms. The van der Waals surface area contributed by atoms with Crippen LogP contribution in [0.5, 0.6) is 0 Å². The number of nitrogens with one attached hydrogen (secondary N) is 2. The van der Waals surface area contributed by atoms with E-state index in [2.05, 4.69) is 75.8 Å². The molecule has 2 heterocycles. The number of amides is 1. The van der Waals surface area contributed by atoms with Crippen LogP contribution in [-0.2, 0) is 14.5 Å². The first-order valence-corrected chi connectivity index (χ1v) is 10.8. The highest BCUT2D eigenvalue weighted by molar-refractivity contribution is 5.81. The fourth-order valence-electron chi connectivity index (χ4n) is 6.02. The summed E-state index contributed by atoms with van der Waals surface area (Å²) in [6.07, 6.45) is 3.37. The van der Waals surface area contributed by atoms with Crippen LogP contribution in [0.15, 0.2) is 0 Å². The predicted octanol–water partition coefficient (Wildman–Crippen LogP) is 3.23. The highest BCUT2D eigenvalue weighted by Crippen LogP contribution is 2.38. The van der Waals surface area contributed by atoms with Crippen molar-refractivity contribution in [1.29, 1.82) is 0 Å². The molecule has 0 aromatic heterocycles. The van der Waals surface area contributed by atoms with E-state index in [0.29, 0.717) is 0 Å². The topological polar surface area (TPSA) is 90.9 Å². The highest BCUT2D eigenvalue weighted by atomic mass is 17.1. The maximum atomic E-state index is 13.4. The summed E-state index contributed by atoms with van der Waals surface area (Å²) in [6.45, 7) is 17.5. The average molecular weight is 412 g/mol. The van der Waals surface area contributed by atoms with Crippen molar-refractivity contribution in [2.75, 3.05) is 0 Å². The van der Waals surface area contributed by atoms with Crippen molar-refractivity contribution in [2.24, 2.45) is 0 Å². The summed E-state index contributed by atoms with van der Waals surface area (Å²) in [7, 11) is 0. The zero-order valence-corrected chi connectivity index (χ0v) is 19.5. The van der Waals surface area contributed by atoms with Gasteiger partial charge in [0.05, 0.1) is 6.42 Å². The molecule has 1 amide bonds. The highest BCUT2D eigenvalue weighted by Gasteiger charge is 2.47. The fourth-order valence-corrected chi connectivity index (χ4v) is 6.02. The lowest BCUT2D eigenvalue weighted by atomic mass is 9.75. The summed E-state index contributed by atoms with van der Waals surface area (Å²) >= 11 is 0. The molecule has 2 fully saturated rings. The molecule has 2 rings (SSSR count). The largest absolute Gasteiger partial charge is 0.342 e. The van der Waals surface area contributed by atoms with Gasteiger partial charge in [0.15, 0.2) is 0 Å². The van der Waals surface area contributed by atoms with Crippen LogP contribution in [0.25, 0.3) is 0 Å². The van der Waals surface area contributed by atoms with Crippen molar-refractivity contribution >= 4 is 11.9 Å². The standard InChI is InChI=1S/C22H41N3O4/c1-19(2)11-15(12-20(3,4)23-19)25(17(26)9-10-18(27)29-28)16-13-21(5,6)24-22(7,8)14-16/h15-16,23-24,28H,9-14H2,1-8H3. The Hall–Kier alpha value is -1.18. The Kier molecular flexibility index (Phi) is 6.78. The molecule has 0 aliphatic carbocycles. The molecule has 2 aliphatic heterocycles. The molecule has 0 spiro atoms. The zero-order valence-electron chi connectivity index (χ0n) is 19.5. The van der Waals surface area contributed by atoms with E-state index in [1.165, 1.54) is 0 Å². The van der Waals surface area contributed by atoms with E-state index >= 15 is 0 Å². The van der Waals surface area contributed by atoms with E-state index in [4.69, 9.17) is 5.26 Å². The van der Waals surface area contributed by atoms with Crippen LogP contribution in [0.2, 0.25) is 0 Å². The van der Waals surface area contributed by atoms with E-state index in [0.717, 1.165) is 25.7 Å². The number of hydrogen-bond donors (Lipinski definition) is 3. The van der Waals surface area contributed by atoms with Crippen LogP contribution in [0, 0.1) is 0 Å². The third kappa shape index (κ3) is 6.66. The van der Waals surface area contributed by atoms with Crippen molar-refractivity contribution in [3.63, 3.8) is 0 Å². The molecule has 3 N–H and O–H groups in total. The van der Waals surface area contributed by atoms with Gasteiger partial charge in [0.2, 0.25) is 5.91 Å². The summed E-state index contributed by atoms with van der Waals surface area (Å²) in [5.74, 6) is -0.803. The molecule has 0 radical (unpaired) electrons. The molecule has 7 nitrogen and oxygen atoms in total. The van der Waals surface area contributed by atoms with Crippen LogP contribution in [0.4, 0.5) is 0 Å². The molecule has 0 unspecified atom stereocenters. The van der Waals surface area contributed by atoms with Crippen molar-refractivity contribution in [1.82, 2.24) is 15.5 Å². The lowest BCUT2D eigenvalue weighted by Gasteiger charge is -2.55. The summed E-state index contributed by atoms with van der Waals surface area (Å²) in [4.78, 5) is 30.7. The summed E-state index contributed by atoms with van der Waals surface area (Å²) < 4.78 is 0. The Morgan fingerprint density at radius 2 is 1.14 bits per heavy atom. The van der Waals surface area contributed by atoms with Gasteiger partial charge in [0.25, 0.3) is 0 Å². The van der Waals surface area contributed by atoms with Gasteiger partial charge in [-0.15, -0.1) is 0 Å². The van der Waals surface area contributed by atoms with Gasteiger partial charge in [-0.1, -0.05) is 0 Å². The third-order valence-corrected chi connectivity index (χ3v) is 6.06. The van der Waals surface area contributed by atoms with Crippen molar-refractivity contribution in [3.8, 4) is 0 Å². The normalized spacial score (nSPS) is 26.0. The van der Waals surface area contributed by atoms with Gasteiger partial charge in [0.1, 0.15) is 0 Å². The van der Waals surface area contributed by atoms with Crippen LogP contribution in [-0.4, -0.2) is 56.3 Å². The zero-order chi connectivity index (χ0) is 22.3. The SMILES string of the molecule is CC1(C)CC(N(C(=O)CCC(=O)OO)C2CC(C)(C)NC(C)(C)C2)CC(C)(C)N1. The van der Waals surface area contributed by atoms with E-state index in [-0.39, 0.29) is 53.0 Å². The number of nitrogens with zero attached hydrogens (tertiary/aromatic N) is 1. The number of rotatable bonds is 5. The predicted molar refractivity (Wildman–Crippen MR) is 113 cm³/mol. The molecule has 2 saturated heterocycles. The van der Waals surface area contributed by atoms with Gasteiger partial charge in [0, 0.05) is 40.7 Å². The minimum Gasteiger partial charge on any atom is -0.336 e. The van der Waals surface area contributed by atoms with Gasteiger partial charge >= 0.3 is 5.97 Å². The lowest BCUT2D eigenvalue weighted by Crippen LogP contribution is -2.67. The number of hydrogen-bond acceptors (Lipinski definition) is 6. The molecular weight excluding hydrogens is 370 g/mol. The smallest absolute Gasteiger partial charge is 0.336 e. The quantitative estimate of drug-likeness (QED) is 0.475. The summed E-state index contributed by atoms with van der Waals surface area (Å²) in [5.41, 5.74) is -0.361. The van der Waals surface area contributed by atoms with Gasteiger partial charge in [-0.05, 0) is 81.1 Å². The van der Waals surface area contributed by atoms with E-state index < -0.39 is 5.97 Å². The molecule has 2 aliphatic rings. The first-order valence-electron chi connectivity index (χ1n) is 10.8. The van der Waals surface area contributed by atoms with Crippen molar-refractivity contribution < 1.29 is 19.7 Å². The Labute approximate surface area is 175 Å².